The van der Waals surface area contributed by atoms with Gasteiger partial charge in [0.1, 0.15) is 6.54 Å². The highest BCUT2D eigenvalue weighted by Gasteiger charge is 2.33. The Hall–Kier alpha value is -1.85. The minimum atomic E-state index is 0. The van der Waals surface area contributed by atoms with Gasteiger partial charge in [-0.25, -0.2) is 0 Å². The maximum atomic E-state index is 12.7. The average molecular weight is 418 g/mol. The third-order valence-corrected chi connectivity index (χ3v) is 6.44. The third kappa shape index (κ3) is 5.40. The second kappa shape index (κ2) is 10.3. The fourth-order valence-corrected chi connectivity index (χ4v) is 4.77. The van der Waals surface area contributed by atoms with Gasteiger partial charge in [-0.3, -0.25) is 14.5 Å². The lowest BCUT2D eigenvalue weighted by Gasteiger charge is -2.40. The van der Waals surface area contributed by atoms with Crippen LogP contribution in [0.5, 0.6) is 0 Å². The lowest BCUT2D eigenvalue weighted by atomic mass is 9.88. The van der Waals surface area contributed by atoms with E-state index in [1.807, 2.05) is 23.4 Å². The SMILES string of the molecule is Cl.O=C(C1CCCCC1)N1C=CN(C2CCN(Cc3ccccc3)CC2)C(=O)C1. The van der Waals surface area contributed by atoms with Crippen molar-refractivity contribution >= 4 is 24.2 Å². The number of piperidine rings is 1. The maximum absolute atomic E-state index is 12.7. The Morgan fingerprint density at radius 1 is 0.931 bits per heavy atom. The van der Waals surface area contributed by atoms with Crippen LogP contribution >= 0.6 is 12.4 Å². The molecular weight excluding hydrogens is 386 g/mol. The number of rotatable bonds is 4. The molecule has 0 unspecified atom stereocenters. The van der Waals surface area contributed by atoms with Crippen LogP contribution in [-0.2, 0) is 16.1 Å². The number of halogens is 1. The first-order valence-electron chi connectivity index (χ1n) is 10.8. The molecule has 3 aliphatic rings. The van der Waals surface area contributed by atoms with Crippen molar-refractivity contribution in [1.29, 1.82) is 0 Å². The molecule has 0 bridgehead atoms. The number of likely N-dealkylation sites (tertiary alicyclic amines) is 1. The van der Waals surface area contributed by atoms with Crippen LogP contribution < -0.4 is 0 Å². The average Bonchev–Trinajstić information content (AvgIpc) is 2.75. The largest absolute Gasteiger partial charge is 0.313 e. The molecule has 0 radical (unpaired) electrons. The van der Waals surface area contributed by atoms with Crippen molar-refractivity contribution in [3.63, 3.8) is 0 Å². The molecule has 2 amide bonds. The summed E-state index contributed by atoms with van der Waals surface area (Å²) in [5.41, 5.74) is 1.34. The van der Waals surface area contributed by atoms with Gasteiger partial charge in [0.15, 0.2) is 0 Å². The van der Waals surface area contributed by atoms with Gasteiger partial charge in [-0.1, -0.05) is 49.6 Å². The first-order valence-corrected chi connectivity index (χ1v) is 10.8. The van der Waals surface area contributed by atoms with Gasteiger partial charge < -0.3 is 9.80 Å². The summed E-state index contributed by atoms with van der Waals surface area (Å²) in [7, 11) is 0. The normalized spacial score (nSPS) is 21.9. The van der Waals surface area contributed by atoms with Crippen LogP contribution in [0, 0.1) is 5.92 Å². The standard InChI is InChI=1S/C23H31N3O2.ClH/c27-22-18-25(23(28)20-9-5-2-6-10-20)15-16-26(22)21-11-13-24(14-12-21)17-19-7-3-1-4-8-19;/h1,3-4,7-8,15-16,20-21H,2,5-6,9-14,17-18H2;1H. The summed E-state index contributed by atoms with van der Waals surface area (Å²) < 4.78 is 0. The Morgan fingerprint density at radius 3 is 2.28 bits per heavy atom. The van der Waals surface area contributed by atoms with E-state index >= 15 is 0 Å². The first-order chi connectivity index (χ1) is 13.7. The van der Waals surface area contributed by atoms with Crippen molar-refractivity contribution < 1.29 is 9.59 Å². The van der Waals surface area contributed by atoms with E-state index in [2.05, 4.69) is 29.2 Å². The zero-order valence-electron chi connectivity index (χ0n) is 17.0. The summed E-state index contributed by atoms with van der Waals surface area (Å²) in [6.45, 7) is 3.18. The molecule has 1 aromatic carbocycles. The van der Waals surface area contributed by atoms with Crippen LogP contribution in [0.1, 0.15) is 50.5 Å². The molecule has 0 aromatic heterocycles. The van der Waals surface area contributed by atoms with E-state index in [0.717, 1.165) is 58.2 Å². The Kier molecular flexibility index (Phi) is 7.73. The van der Waals surface area contributed by atoms with Gasteiger partial charge in [0.2, 0.25) is 11.8 Å². The van der Waals surface area contributed by atoms with Crippen LogP contribution in [0.2, 0.25) is 0 Å². The third-order valence-electron chi connectivity index (χ3n) is 6.44. The van der Waals surface area contributed by atoms with Gasteiger partial charge in [0.25, 0.3) is 0 Å². The van der Waals surface area contributed by atoms with E-state index in [0.29, 0.717) is 0 Å². The lowest BCUT2D eigenvalue weighted by Crippen LogP contribution is -2.51. The fourth-order valence-electron chi connectivity index (χ4n) is 4.77. The van der Waals surface area contributed by atoms with Crippen molar-refractivity contribution in [3.8, 4) is 0 Å². The number of carbonyl (C=O) groups excluding carboxylic acids is 2. The topological polar surface area (TPSA) is 43.9 Å². The van der Waals surface area contributed by atoms with Crippen LogP contribution in [0.15, 0.2) is 42.7 Å². The van der Waals surface area contributed by atoms with Crippen LogP contribution in [0.4, 0.5) is 0 Å². The van der Waals surface area contributed by atoms with Gasteiger partial charge in [-0.05, 0) is 31.2 Å². The van der Waals surface area contributed by atoms with Gasteiger partial charge in [-0.15, -0.1) is 12.4 Å². The fraction of sp³-hybridized carbons (Fsp3) is 0.565. The highest BCUT2D eigenvalue weighted by Crippen LogP contribution is 2.27. The van der Waals surface area contributed by atoms with E-state index in [-0.39, 0.29) is 42.7 Å². The molecule has 5 nitrogen and oxygen atoms in total. The molecule has 2 heterocycles. The Bertz CT molecular complexity index is 710. The monoisotopic (exact) mass is 417 g/mol. The molecule has 4 rings (SSSR count). The van der Waals surface area contributed by atoms with Crippen LogP contribution in [0.25, 0.3) is 0 Å². The van der Waals surface area contributed by atoms with E-state index in [4.69, 9.17) is 0 Å². The van der Waals surface area contributed by atoms with Gasteiger partial charge >= 0.3 is 0 Å². The number of carbonyl (C=O) groups is 2. The van der Waals surface area contributed by atoms with Gasteiger partial charge in [0.05, 0.1) is 0 Å². The molecule has 6 heteroatoms. The van der Waals surface area contributed by atoms with E-state index < -0.39 is 0 Å². The highest BCUT2D eigenvalue weighted by atomic mass is 35.5. The van der Waals surface area contributed by atoms with E-state index in [1.165, 1.54) is 12.0 Å². The molecule has 0 atom stereocenters. The highest BCUT2D eigenvalue weighted by molar-refractivity contribution is 5.88. The van der Waals surface area contributed by atoms with Crippen molar-refractivity contribution in [3.05, 3.63) is 48.3 Å². The summed E-state index contributed by atoms with van der Waals surface area (Å²) in [5.74, 6) is 0.314. The second-order valence-corrected chi connectivity index (χ2v) is 8.39. The number of nitrogens with zero attached hydrogens (tertiary/aromatic N) is 3. The smallest absolute Gasteiger partial charge is 0.246 e. The summed E-state index contributed by atoms with van der Waals surface area (Å²) in [6, 6.07) is 10.8. The second-order valence-electron chi connectivity index (χ2n) is 8.39. The molecule has 29 heavy (non-hydrogen) atoms. The van der Waals surface area contributed by atoms with Crippen molar-refractivity contribution in [2.24, 2.45) is 5.92 Å². The molecule has 1 saturated carbocycles. The molecule has 1 aromatic rings. The molecule has 0 N–H and O–H groups in total. The molecular formula is C23H32ClN3O2. The lowest BCUT2D eigenvalue weighted by molar-refractivity contribution is -0.142. The van der Waals surface area contributed by atoms with E-state index in [9.17, 15) is 9.59 Å². The van der Waals surface area contributed by atoms with Gasteiger partial charge in [-0.2, -0.15) is 0 Å². The van der Waals surface area contributed by atoms with Crippen LogP contribution in [0.3, 0.4) is 0 Å². The summed E-state index contributed by atoms with van der Waals surface area (Å²) >= 11 is 0. The molecule has 2 aliphatic heterocycles. The zero-order chi connectivity index (χ0) is 19.3. The maximum Gasteiger partial charge on any atom is 0.246 e. The summed E-state index contributed by atoms with van der Waals surface area (Å²) in [6.07, 6.45) is 11.1. The van der Waals surface area contributed by atoms with Crippen LogP contribution in [-0.4, -0.2) is 52.2 Å². The number of hydrogen-bond donors (Lipinski definition) is 0. The Labute approximate surface area is 180 Å². The van der Waals surface area contributed by atoms with Gasteiger partial charge in [0, 0.05) is 44.0 Å². The quantitative estimate of drug-likeness (QED) is 0.748. The summed E-state index contributed by atoms with van der Waals surface area (Å²) in [5, 5.41) is 0. The molecule has 2 fully saturated rings. The number of amides is 2. The molecule has 0 spiro atoms. The number of hydrogen-bond acceptors (Lipinski definition) is 3. The Morgan fingerprint density at radius 2 is 1.62 bits per heavy atom. The first kappa shape index (κ1) is 21.8. The van der Waals surface area contributed by atoms with Crippen molar-refractivity contribution in [1.82, 2.24) is 14.7 Å². The zero-order valence-corrected chi connectivity index (χ0v) is 17.9. The van der Waals surface area contributed by atoms with Crippen molar-refractivity contribution in [2.45, 2.75) is 57.5 Å². The summed E-state index contributed by atoms with van der Waals surface area (Å²) in [4.78, 5) is 31.4. The molecule has 158 valence electrons. The molecule has 1 saturated heterocycles. The molecule has 1 aliphatic carbocycles. The van der Waals surface area contributed by atoms with Crippen molar-refractivity contribution in [2.75, 3.05) is 19.6 Å². The predicted octanol–water partition coefficient (Wildman–Crippen LogP) is 3.80. The Balaban J connectivity index is 0.00000240. The minimum Gasteiger partial charge on any atom is -0.313 e. The predicted molar refractivity (Wildman–Crippen MR) is 116 cm³/mol. The van der Waals surface area contributed by atoms with E-state index in [1.54, 1.807) is 4.90 Å². The minimum absolute atomic E-state index is 0. The number of benzene rings is 1.